The number of nitrogens with zero attached hydrogens (tertiary/aromatic N) is 4. The Bertz CT molecular complexity index is 545. The minimum absolute atomic E-state index is 0.524. The number of nitriles is 1. The molecule has 0 bridgehead atoms. The summed E-state index contributed by atoms with van der Waals surface area (Å²) in [6, 6.07) is 2.08. The molecule has 0 aliphatic carbocycles. The van der Waals surface area contributed by atoms with Crippen molar-refractivity contribution in [3.8, 4) is 6.07 Å². The van der Waals surface area contributed by atoms with Gasteiger partial charge in [0, 0.05) is 11.4 Å². The minimum Gasteiger partial charge on any atom is -0.232 e. The molecule has 4 nitrogen and oxygen atoms in total. The summed E-state index contributed by atoms with van der Waals surface area (Å²) in [6.07, 6.45) is 1.55. The lowest BCUT2D eigenvalue weighted by atomic mass is 10.2. The zero-order valence-corrected chi connectivity index (χ0v) is 8.37. The van der Waals surface area contributed by atoms with Gasteiger partial charge in [-0.1, -0.05) is 0 Å². The fourth-order valence-corrected chi connectivity index (χ4v) is 1.44. The van der Waals surface area contributed by atoms with Gasteiger partial charge in [0.1, 0.15) is 11.6 Å². The van der Waals surface area contributed by atoms with Gasteiger partial charge >= 0.3 is 0 Å². The van der Waals surface area contributed by atoms with Gasteiger partial charge in [0.15, 0.2) is 5.65 Å². The summed E-state index contributed by atoms with van der Waals surface area (Å²) in [5.41, 5.74) is 4.27. The van der Waals surface area contributed by atoms with Gasteiger partial charge in [-0.3, -0.25) is 0 Å². The van der Waals surface area contributed by atoms with Crippen LogP contribution in [-0.2, 0) is 0 Å². The molecule has 0 fully saturated rings. The Balaban J connectivity index is 2.95. The Morgan fingerprint density at radius 3 is 2.71 bits per heavy atom. The molecule has 0 amide bonds. The van der Waals surface area contributed by atoms with E-state index in [-0.39, 0.29) is 0 Å². The summed E-state index contributed by atoms with van der Waals surface area (Å²) < 4.78 is 1.71. The highest BCUT2D eigenvalue weighted by molar-refractivity contribution is 5.55. The summed E-state index contributed by atoms with van der Waals surface area (Å²) in [5.74, 6) is 0. The van der Waals surface area contributed by atoms with E-state index in [1.807, 2.05) is 20.8 Å². The average Bonchev–Trinajstić information content (AvgIpc) is 2.57. The highest BCUT2D eigenvalue weighted by Crippen LogP contribution is 2.14. The highest BCUT2D eigenvalue weighted by atomic mass is 15.3. The van der Waals surface area contributed by atoms with E-state index in [0.717, 1.165) is 17.0 Å². The third-order valence-corrected chi connectivity index (χ3v) is 2.54. The first-order chi connectivity index (χ1) is 6.65. The first kappa shape index (κ1) is 8.70. The summed E-state index contributed by atoms with van der Waals surface area (Å²) in [7, 11) is 0. The molecule has 0 aliphatic heterocycles. The Morgan fingerprint density at radius 2 is 2.07 bits per heavy atom. The summed E-state index contributed by atoms with van der Waals surface area (Å²) >= 11 is 0. The fourth-order valence-electron chi connectivity index (χ4n) is 1.44. The minimum atomic E-state index is 0.524. The zero-order chi connectivity index (χ0) is 10.3. The molecule has 0 spiro atoms. The lowest BCUT2D eigenvalue weighted by Crippen LogP contribution is -2.02. The van der Waals surface area contributed by atoms with Gasteiger partial charge in [-0.15, -0.1) is 0 Å². The molecule has 0 aromatic carbocycles. The van der Waals surface area contributed by atoms with E-state index < -0.39 is 0 Å². The SMILES string of the molecule is Cc1nc2c(C#N)cnn2c(C)c1C. The topological polar surface area (TPSA) is 54.0 Å². The molecule has 0 saturated heterocycles. The number of hydrogen-bond donors (Lipinski definition) is 0. The molecular formula is C10H10N4. The molecule has 70 valence electrons. The largest absolute Gasteiger partial charge is 0.232 e. The van der Waals surface area contributed by atoms with Crippen molar-refractivity contribution in [3.05, 3.63) is 28.7 Å². The van der Waals surface area contributed by atoms with Gasteiger partial charge in [-0.2, -0.15) is 10.4 Å². The summed E-state index contributed by atoms with van der Waals surface area (Å²) in [5, 5.41) is 13.0. The Hall–Kier alpha value is -1.89. The first-order valence-corrected chi connectivity index (χ1v) is 4.36. The normalized spacial score (nSPS) is 10.4. The van der Waals surface area contributed by atoms with Crippen molar-refractivity contribution in [2.75, 3.05) is 0 Å². The van der Waals surface area contributed by atoms with E-state index in [9.17, 15) is 0 Å². The van der Waals surface area contributed by atoms with Crippen LogP contribution in [0.15, 0.2) is 6.20 Å². The quantitative estimate of drug-likeness (QED) is 0.626. The van der Waals surface area contributed by atoms with Crippen molar-refractivity contribution in [3.63, 3.8) is 0 Å². The van der Waals surface area contributed by atoms with Gasteiger partial charge in [0.2, 0.25) is 0 Å². The van der Waals surface area contributed by atoms with Crippen LogP contribution in [0.25, 0.3) is 5.65 Å². The second kappa shape index (κ2) is 2.81. The van der Waals surface area contributed by atoms with Crippen LogP contribution >= 0.6 is 0 Å². The molecule has 0 saturated carbocycles. The van der Waals surface area contributed by atoms with Crippen molar-refractivity contribution in [1.29, 1.82) is 5.26 Å². The molecule has 0 atom stereocenters. The van der Waals surface area contributed by atoms with Crippen LogP contribution in [0, 0.1) is 32.1 Å². The van der Waals surface area contributed by atoms with Gasteiger partial charge in [0.25, 0.3) is 0 Å². The monoisotopic (exact) mass is 186 g/mol. The standard InChI is InChI=1S/C10H10N4/c1-6-7(2)13-10-9(4-11)5-12-14(10)8(6)3/h5H,1-3H3. The molecule has 14 heavy (non-hydrogen) atoms. The van der Waals surface area contributed by atoms with E-state index in [1.165, 1.54) is 0 Å². The maximum atomic E-state index is 8.83. The maximum absolute atomic E-state index is 8.83. The van der Waals surface area contributed by atoms with Crippen LogP contribution in [-0.4, -0.2) is 14.6 Å². The number of aryl methyl sites for hydroxylation is 2. The first-order valence-electron chi connectivity index (χ1n) is 4.36. The molecule has 0 aliphatic rings. The van der Waals surface area contributed by atoms with E-state index in [0.29, 0.717) is 11.2 Å². The molecule has 4 heteroatoms. The molecule has 2 aromatic heterocycles. The maximum Gasteiger partial charge on any atom is 0.173 e. The third-order valence-electron chi connectivity index (χ3n) is 2.54. The van der Waals surface area contributed by atoms with Crippen molar-refractivity contribution in [2.24, 2.45) is 0 Å². The van der Waals surface area contributed by atoms with Gasteiger partial charge in [-0.05, 0) is 26.3 Å². The van der Waals surface area contributed by atoms with E-state index in [4.69, 9.17) is 5.26 Å². The number of fused-ring (bicyclic) bond motifs is 1. The van der Waals surface area contributed by atoms with Crippen LogP contribution in [0.4, 0.5) is 0 Å². The molecule has 0 radical (unpaired) electrons. The molecule has 0 N–H and O–H groups in total. The Morgan fingerprint density at radius 1 is 1.36 bits per heavy atom. The number of hydrogen-bond acceptors (Lipinski definition) is 3. The lowest BCUT2D eigenvalue weighted by molar-refractivity contribution is 0.869. The Labute approximate surface area is 81.8 Å². The van der Waals surface area contributed by atoms with Gasteiger partial charge < -0.3 is 0 Å². The third kappa shape index (κ3) is 0.990. The summed E-state index contributed by atoms with van der Waals surface area (Å²) in [4.78, 5) is 4.34. The molecule has 2 aromatic rings. The second-order valence-corrected chi connectivity index (χ2v) is 3.31. The lowest BCUT2D eigenvalue weighted by Gasteiger charge is -2.05. The fraction of sp³-hybridized carbons (Fsp3) is 0.300. The zero-order valence-electron chi connectivity index (χ0n) is 8.37. The predicted octanol–water partition coefficient (Wildman–Crippen LogP) is 1.53. The van der Waals surface area contributed by atoms with Crippen LogP contribution in [0.2, 0.25) is 0 Å². The Kier molecular flexibility index (Phi) is 1.74. The van der Waals surface area contributed by atoms with Crippen LogP contribution in [0.3, 0.4) is 0 Å². The van der Waals surface area contributed by atoms with Crippen molar-refractivity contribution < 1.29 is 0 Å². The summed E-state index contributed by atoms with van der Waals surface area (Å²) in [6.45, 7) is 5.92. The average molecular weight is 186 g/mol. The van der Waals surface area contributed by atoms with Crippen molar-refractivity contribution in [1.82, 2.24) is 14.6 Å². The molecule has 2 heterocycles. The predicted molar refractivity (Wildman–Crippen MR) is 51.9 cm³/mol. The highest BCUT2D eigenvalue weighted by Gasteiger charge is 2.10. The van der Waals surface area contributed by atoms with Crippen LogP contribution in [0.5, 0.6) is 0 Å². The number of aromatic nitrogens is 3. The molecule has 0 unspecified atom stereocenters. The molecular weight excluding hydrogens is 176 g/mol. The van der Waals surface area contributed by atoms with Gasteiger partial charge in [0.05, 0.1) is 6.20 Å². The van der Waals surface area contributed by atoms with Crippen LogP contribution in [0.1, 0.15) is 22.5 Å². The van der Waals surface area contributed by atoms with Gasteiger partial charge in [-0.25, -0.2) is 9.50 Å². The molecule has 2 rings (SSSR count). The van der Waals surface area contributed by atoms with E-state index in [1.54, 1.807) is 10.7 Å². The van der Waals surface area contributed by atoms with Crippen molar-refractivity contribution in [2.45, 2.75) is 20.8 Å². The van der Waals surface area contributed by atoms with Crippen molar-refractivity contribution >= 4 is 5.65 Å². The number of rotatable bonds is 0. The van der Waals surface area contributed by atoms with Crippen LogP contribution < -0.4 is 0 Å². The smallest absolute Gasteiger partial charge is 0.173 e. The van der Waals surface area contributed by atoms with E-state index in [2.05, 4.69) is 16.2 Å². The van der Waals surface area contributed by atoms with E-state index >= 15 is 0 Å². The second-order valence-electron chi connectivity index (χ2n) is 3.31.